The molecule has 2 heterocycles. The second-order valence-corrected chi connectivity index (χ2v) is 7.03. The average Bonchev–Trinajstić information content (AvgIpc) is 2.49. The number of nitrogens with one attached hydrogen (secondary N) is 1. The summed E-state index contributed by atoms with van der Waals surface area (Å²) in [6.07, 6.45) is 4.14. The fourth-order valence-corrected chi connectivity index (χ4v) is 4.12. The highest BCUT2D eigenvalue weighted by atomic mass is 32.2. The molecular weight excluding hydrogens is 204 g/mol. The maximum Gasteiger partial charge on any atom is 0.0259 e. The molecule has 0 aromatic heterocycles. The van der Waals surface area contributed by atoms with Crippen molar-refractivity contribution in [3.63, 3.8) is 0 Å². The third kappa shape index (κ3) is 3.36. The molecule has 2 aliphatic rings. The molecule has 2 atom stereocenters. The van der Waals surface area contributed by atoms with Crippen LogP contribution < -0.4 is 5.32 Å². The third-order valence-corrected chi connectivity index (χ3v) is 5.06. The quantitative estimate of drug-likeness (QED) is 0.778. The lowest BCUT2D eigenvalue weighted by Crippen LogP contribution is -2.41. The van der Waals surface area contributed by atoms with Crippen molar-refractivity contribution in [1.82, 2.24) is 10.2 Å². The Hall–Kier alpha value is 0.270. The molecule has 2 rings (SSSR count). The van der Waals surface area contributed by atoms with Crippen LogP contribution in [-0.2, 0) is 0 Å². The van der Waals surface area contributed by atoms with Gasteiger partial charge in [0.2, 0.25) is 0 Å². The molecule has 0 bridgehead atoms. The van der Waals surface area contributed by atoms with E-state index in [4.69, 9.17) is 0 Å². The Balaban J connectivity index is 1.86. The molecule has 0 aliphatic carbocycles. The van der Waals surface area contributed by atoms with Crippen molar-refractivity contribution < 1.29 is 0 Å². The number of nitrogens with zero attached hydrogens (tertiary/aromatic N) is 1. The van der Waals surface area contributed by atoms with Gasteiger partial charge in [0, 0.05) is 23.9 Å². The summed E-state index contributed by atoms with van der Waals surface area (Å²) in [6, 6.07) is 0.669. The third-order valence-electron chi connectivity index (χ3n) is 3.53. The first-order chi connectivity index (χ1) is 7.18. The van der Waals surface area contributed by atoms with Crippen LogP contribution in [0.4, 0.5) is 0 Å². The molecule has 3 heteroatoms. The minimum Gasteiger partial charge on any atom is -0.313 e. The Labute approximate surface area is 98.2 Å². The van der Waals surface area contributed by atoms with E-state index in [2.05, 4.69) is 35.8 Å². The van der Waals surface area contributed by atoms with Gasteiger partial charge in [-0.2, -0.15) is 11.8 Å². The first-order valence-electron chi connectivity index (χ1n) is 6.28. The van der Waals surface area contributed by atoms with Gasteiger partial charge >= 0.3 is 0 Å². The van der Waals surface area contributed by atoms with Crippen LogP contribution in [0.5, 0.6) is 0 Å². The zero-order valence-electron chi connectivity index (χ0n) is 10.1. The van der Waals surface area contributed by atoms with Gasteiger partial charge in [0.15, 0.2) is 0 Å². The molecule has 2 aliphatic heterocycles. The van der Waals surface area contributed by atoms with Crippen LogP contribution in [0.1, 0.15) is 33.1 Å². The lowest BCUT2D eigenvalue weighted by molar-refractivity contribution is 0.247. The van der Waals surface area contributed by atoms with E-state index in [0.29, 0.717) is 10.8 Å². The minimum absolute atomic E-state index is 0.546. The second kappa shape index (κ2) is 5.07. The largest absolute Gasteiger partial charge is 0.313 e. The lowest BCUT2D eigenvalue weighted by Gasteiger charge is -2.31. The monoisotopic (exact) mass is 228 g/mol. The van der Waals surface area contributed by atoms with Gasteiger partial charge in [0.1, 0.15) is 0 Å². The van der Waals surface area contributed by atoms with E-state index in [9.17, 15) is 0 Å². The summed E-state index contributed by atoms with van der Waals surface area (Å²) in [6.45, 7) is 9.77. The number of rotatable bonds is 2. The number of hydrogen-bond donors (Lipinski definition) is 1. The van der Waals surface area contributed by atoms with Crippen molar-refractivity contribution >= 4 is 11.8 Å². The van der Waals surface area contributed by atoms with Gasteiger partial charge in [-0.3, -0.25) is 0 Å². The predicted molar refractivity (Wildman–Crippen MR) is 68.6 cm³/mol. The van der Waals surface area contributed by atoms with Crippen molar-refractivity contribution in [2.75, 3.05) is 31.9 Å². The smallest absolute Gasteiger partial charge is 0.0259 e. The summed E-state index contributed by atoms with van der Waals surface area (Å²) in [5, 5.41) is 3.56. The Morgan fingerprint density at radius 3 is 3.07 bits per heavy atom. The number of thioether (sulfide) groups is 1. The first kappa shape index (κ1) is 11.7. The Kier molecular flexibility index (Phi) is 3.97. The molecular formula is C12H24N2S. The highest BCUT2D eigenvalue weighted by Gasteiger charge is 2.32. The summed E-state index contributed by atoms with van der Waals surface area (Å²) in [4.78, 5) is 2.67. The van der Waals surface area contributed by atoms with Gasteiger partial charge < -0.3 is 10.2 Å². The van der Waals surface area contributed by atoms with Crippen LogP contribution in [0.25, 0.3) is 0 Å². The standard InChI is InChI=1S/C12H24N2S/c1-11-9-14(7-4-6-13-11)10-12(2)5-3-8-15-12/h11,13H,3-10H2,1-2H3. The van der Waals surface area contributed by atoms with Gasteiger partial charge in [-0.15, -0.1) is 0 Å². The van der Waals surface area contributed by atoms with Crippen molar-refractivity contribution in [3.05, 3.63) is 0 Å². The van der Waals surface area contributed by atoms with Gasteiger partial charge in [0.05, 0.1) is 0 Å². The fourth-order valence-electron chi connectivity index (χ4n) is 2.77. The molecule has 15 heavy (non-hydrogen) atoms. The van der Waals surface area contributed by atoms with E-state index in [0.717, 1.165) is 0 Å². The summed E-state index contributed by atoms with van der Waals surface area (Å²) in [5.74, 6) is 1.37. The molecule has 1 N–H and O–H groups in total. The molecule has 2 unspecified atom stereocenters. The van der Waals surface area contributed by atoms with Crippen LogP contribution in [0.3, 0.4) is 0 Å². The molecule has 2 saturated heterocycles. The minimum atomic E-state index is 0.546. The molecule has 0 saturated carbocycles. The molecule has 0 spiro atoms. The van der Waals surface area contributed by atoms with Crippen LogP contribution >= 0.6 is 11.8 Å². The predicted octanol–water partition coefficient (Wildman–Crippen LogP) is 1.96. The maximum absolute atomic E-state index is 3.56. The zero-order valence-corrected chi connectivity index (χ0v) is 10.9. The first-order valence-corrected chi connectivity index (χ1v) is 7.26. The average molecular weight is 228 g/mol. The Morgan fingerprint density at radius 1 is 1.47 bits per heavy atom. The van der Waals surface area contributed by atoms with Crippen LogP contribution in [0.2, 0.25) is 0 Å². The topological polar surface area (TPSA) is 15.3 Å². The molecule has 2 fully saturated rings. The maximum atomic E-state index is 3.56. The molecule has 0 aromatic carbocycles. The van der Waals surface area contributed by atoms with Crippen LogP contribution in [-0.4, -0.2) is 47.6 Å². The molecule has 88 valence electrons. The number of hydrogen-bond acceptors (Lipinski definition) is 3. The molecule has 0 radical (unpaired) electrons. The summed E-state index contributed by atoms with van der Waals surface area (Å²) in [7, 11) is 0. The lowest BCUT2D eigenvalue weighted by atomic mass is 10.0. The highest BCUT2D eigenvalue weighted by molar-refractivity contribution is 8.00. The van der Waals surface area contributed by atoms with Gasteiger partial charge in [-0.1, -0.05) is 0 Å². The normalized spacial score (nSPS) is 39.2. The summed E-state index contributed by atoms with van der Waals surface area (Å²) < 4.78 is 0.546. The van der Waals surface area contributed by atoms with Gasteiger partial charge in [-0.05, 0) is 52.0 Å². The van der Waals surface area contributed by atoms with Crippen LogP contribution in [0.15, 0.2) is 0 Å². The fraction of sp³-hybridized carbons (Fsp3) is 1.00. The van der Waals surface area contributed by atoms with E-state index in [1.807, 2.05) is 0 Å². The summed E-state index contributed by atoms with van der Waals surface area (Å²) >= 11 is 2.18. The van der Waals surface area contributed by atoms with Gasteiger partial charge in [-0.25, -0.2) is 0 Å². The highest BCUT2D eigenvalue weighted by Crippen LogP contribution is 2.38. The van der Waals surface area contributed by atoms with E-state index < -0.39 is 0 Å². The summed E-state index contributed by atoms with van der Waals surface area (Å²) in [5.41, 5.74) is 0. The zero-order chi connectivity index (χ0) is 10.7. The Morgan fingerprint density at radius 2 is 2.33 bits per heavy atom. The Bertz CT molecular complexity index is 202. The van der Waals surface area contributed by atoms with E-state index >= 15 is 0 Å². The van der Waals surface area contributed by atoms with Crippen molar-refractivity contribution in [2.24, 2.45) is 0 Å². The second-order valence-electron chi connectivity index (χ2n) is 5.35. The SMILES string of the molecule is CC1CN(CC2(C)CCCS2)CCCN1. The van der Waals surface area contributed by atoms with Gasteiger partial charge in [0.25, 0.3) is 0 Å². The molecule has 0 aromatic rings. The van der Waals surface area contributed by atoms with Crippen LogP contribution in [0, 0.1) is 0 Å². The van der Waals surface area contributed by atoms with Crippen molar-refractivity contribution in [2.45, 2.75) is 43.9 Å². The van der Waals surface area contributed by atoms with E-state index in [-0.39, 0.29) is 0 Å². The van der Waals surface area contributed by atoms with Crippen molar-refractivity contribution in [3.8, 4) is 0 Å². The van der Waals surface area contributed by atoms with Crippen molar-refractivity contribution in [1.29, 1.82) is 0 Å². The van der Waals surface area contributed by atoms with E-state index in [1.165, 1.54) is 51.2 Å². The molecule has 2 nitrogen and oxygen atoms in total. The van der Waals surface area contributed by atoms with E-state index in [1.54, 1.807) is 0 Å². The molecule has 0 amide bonds.